The highest BCUT2D eigenvalue weighted by molar-refractivity contribution is 6.32. The number of methoxy groups -OCH3 is 1. The molecule has 0 spiro atoms. The molecule has 15 nitrogen and oxygen atoms in total. The summed E-state index contributed by atoms with van der Waals surface area (Å²) in [6.07, 6.45) is 14.8. The van der Waals surface area contributed by atoms with Crippen molar-refractivity contribution in [2.75, 3.05) is 18.2 Å². The SMILES string of the molecule is CCCCCC.COc1ccc(Nc2cncc(-n3c(C)nc4ccccc43)n2)cc1F.Cc1ccc(N)cc1F.Cc1nc2ccccc2[nH]1.Cc1nc2ccccc2n1-c1cncc(Cl)n1.Clc1cncc(Cl)n1. The fourth-order valence-electron chi connectivity index (χ4n) is 7.24. The molecule has 0 fully saturated rings. The topological polar surface area (TPSA) is 189 Å². The van der Waals surface area contributed by atoms with Gasteiger partial charge in [-0.3, -0.25) is 24.1 Å². The molecule has 0 aliphatic carbocycles. The largest absolute Gasteiger partial charge is 0.494 e. The zero-order chi connectivity index (χ0) is 54.6. The molecule has 0 aliphatic heterocycles. The van der Waals surface area contributed by atoms with Crippen LogP contribution in [0.4, 0.5) is 26.0 Å². The minimum Gasteiger partial charge on any atom is -0.494 e. The summed E-state index contributed by atoms with van der Waals surface area (Å²) in [6, 6.07) is 33.0. The van der Waals surface area contributed by atoms with Crippen molar-refractivity contribution >= 4 is 85.1 Å². The van der Waals surface area contributed by atoms with Crippen LogP contribution < -0.4 is 15.8 Å². The predicted octanol–water partition coefficient (Wildman–Crippen LogP) is 14.8. The van der Waals surface area contributed by atoms with Gasteiger partial charge >= 0.3 is 0 Å². The molecule has 11 rings (SSSR count). The standard InChI is InChI=1S/C19H16FN5O.C12H9ClN4.C8H8N2.C7H8FN.C6H14.C4H2Cl2N2/c1-12-22-15-5-3-4-6-16(15)25(12)19-11-21-10-18(24-19)23-13-7-8-17(26-2)14(20)9-13;1-8-15-9-4-2-3-5-10(9)17(8)12-7-14-6-11(13)16-12;1-6-9-7-4-2-3-5-8(7)10-6;1-5-2-3-6(9)4-7(5)8;1-3-5-6-4-2;5-3-1-7-2-4(6)8-3/h3-11H,1-2H3,(H,23,24);2-7H,1H3;2-5H,1H3,(H,9,10);2-4H,9H2,1H3;3-6H2,1-2H3;1-2H. The molecule has 4 N–H and O–H groups in total. The molecule has 0 bridgehead atoms. The van der Waals surface area contributed by atoms with Crippen LogP contribution in [0.15, 0.2) is 146 Å². The molecule has 0 radical (unpaired) electrons. The second-order valence-electron chi connectivity index (χ2n) is 16.6. The van der Waals surface area contributed by atoms with Crippen molar-refractivity contribution in [3.05, 3.63) is 197 Å². The molecule has 0 saturated carbocycles. The van der Waals surface area contributed by atoms with Crippen LogP contribution in [0.2, 0.25) is 15.5 Å². The second kappa shape index (κ2) is 28.5. The smallest absolute Gasteiger partial charge is 0.167 e. The van der Waals surface area contributed by atoms with Gasteiger partial charge in [0.1, 0.15) is 38.7 Å². The summed E-state index contributed by atoms with van der Waals surface area (Å²) in [7, 11) is 1.43. The van der Waals surface area contributed by atoms with Gasteiger partial charge in [0.25, 0.3) is 0 Å². The van der Waals surface area contributed by atoms with Gasteiger partial charge in [0.05, 0.1) is 77.4 Å². The first kappa shape index (κ1) is 57.2. The molecule has 0 unspecified atom stereocenters. The molecule has 11 aromatic rings. The number of hydrogen-bond donors (Lipinski definition) is 3. The highest BCUT2D eigenvalue weighted by atomic mass is 35.5. The van der Waals surface area contributed by atoms with Crippen LogP contribution in [0.25, 0.3) is 44.7 Å². The van der Waals surface area contributed by atoms with Crippen molar-refractivity contribution in [2.24, 2.45) is 0 Å². The van der Waals surface area contributed by atoms with E-state index < -0.39 is 5.82 Å². The summed E-state index contributed by atoms with van der Waals surface area (Å²) >= 11 is 16.6. The fraction of sp³-hybridized carbons (Fsp3) is 0.196. The number of ether oxygens (including phenoxy) is 1. The summed E-state index contributed by atoms with van der Waals surface area (Å²) in [4.78, 5) is 40.9. The Labute approximate surface area is 454 Å². The fourth-order valence-corrected chi connectivity index (χ4v) is 7.72. The summed E-state index contributed by atoms with van der Waals surface area (Å²) in [5.74, 6) is 3.98. The van der Waals surface area contributed by atoms with Gasteiger partial charge in [0.2, 0.25) is 0 Å². The average Bonchev–Trinajstić information content (AvgIpc) is 4.09. The van der Waals surface area contributed by atoms with Gasteiger partial charge < -0.3 is 20.8 Å². The van der Waals surface area contributed by atoms with Crippen LogP contribution in [0.3, 0.4) is 0 Å². The number of nitrogens with zero attached hydrogens (tertiary/aromatic N) is 11. The number of para-hydroxylation sites is 6. The minimum atomic E-state index is -0.446. The number of aromatic amines is 1. The summed E-state index contributed by atoms with van der Waals surface area (Å²) in [5, 5.41) is 4.07. The first-order valence-electron chi connectivity index (χ1n) is 24.0. The summed E-state index contributed by atoms with van der Waals surface area (Å²) in [5.41, 5.74) is 12.9. The van der Waals surface area contributed by atoms with Crippen molar-refractivity contribution in [3.63, 3.8) is 0 Å². The Hall–Kier alpha value is -8.12. The number of halogens is 5. The molecule has 392 valence electrons. The van der Waals surface area contributed by atoms with Crippen molar-refractivity contribution in [1.29, 1.82) is 0 Å². The Morgan fingerprint density at radius 1 is 0.566 bits per heavy atom. The number of nitrogens with one attached hydrogen (secondary N) is 2. The maximum Gasteiger partial charge on any atom is 0.167 e. The number of imidazole rings is 3. The van der Waals surface area contributed by atoms with Gasteiger partial charge in [-0.15, -0.1) is 0 Å². The number of aromatic nitrogens is 12. The van der Waals surface area contributed by atoms with E-state index in [0.29, 0.717) is 49.9 Å². The molecular weight excluding hydrogens is 1030 g/mol. The van der Waals surface area contributed by atoms with E-state index in [1.54, 1.807) is 49.8 Å². The van der Waals surface area contributed by atoms with Gasteiger partial charge in [-0.2, -0.15) is 0 Å². The summed E-state index contributed by atoms with van der Waals surface area (Å²) in [6.45, 7) is 12.0. The van der Waals surface area contributed by atoms with Crippen LogP contribution in [-0.4, -0.2) is 66.1 Å². The lowest BCUT2D eigenvalue weighted by Crippen LogP contribution is -2.03. The van der Waals surface area contributed by atoms with E-state index >= 15 is 0 Å². The number of aryl methyl sites for hydroxylation is 4. The van der Waals surface area contributed by atoms with Gasteiger partial charge in [0.15, 0.2) is 29.0 Å². The predicted molar refractivity (Wildman–Crippen MR) is 302 cm³/mol. The quantitative estimate of drug-likeness (QED) is 0.0966. The van der Waals surface area contributed by atoms with E-state index in [-0.39, 0.29) is 11.6 Å². The zero-order valence-electron chi connectivity index (χ0n) is 43.0. The van der Waals surface area contributed by atoms with Crippen molar-refractivity contribution in [1.82, 2.24) is 59.0 Å². The molecule has 0 saturated heterocycles. The van der Waals surface area contributed by atoms with Gasteiger partial charge in [-0.25, -0.2) is 38.7 Å². The Kier molecular flexibility index (Phi) is 21.5. The lowest BCUT2D eigenvalue weighted by molar-refractivity contribution is 0.386. The number of hydrogen-bond acceptors (Lipinski definition) is 12. The molecule has 0 atom stereocenters. The molecule has 6 heterocycles. The first-order chi connectivity index (χ1) is 36.7. The number of unbranched alkanes of at least 4 members (excludes halogenated alkanes) is 3. The maximum absolute atomic E-state index is 13.9. The molecule has 6 aromatic heterocycles. The van der Waals surface area contributed by atoms with E-state index in [1.165, 1.54) is 63.5 Å². The second-order valence-corrected chi connectivity index (χ2v) is 17.8. The van der Waals surface area contributed by atoms with Crippen LogP contribution in [0.5, 0.6) is 5.75 Å². The number of rotatable bonds is 8. The average molecular weight is 1090 g/mol. The minimum absolute atomic E-state index is 0.191. The van der Waals surface area contributed by atoms with Crippen LogP contribution in [-0.2, 0) is 0 Å². The number of fused-ring (bicyclic) bond motifs is 3. The van der Waals surface area contributed by atoms with Crippen LogP contribution >= 0.6 is 34.8 Å². The van der Waals surface area contributed by atoms with Crippen molar-refractivity contribution < 1.29 is 13.5 Å². The Bertz CT molecular complexity index is 3550. The molecular formula is C56H57Cl3F2N14O. The number of nitrogen functional groups attached to an aromatic ring is 1. The Morgan fingerprint density at radius 2 is 1.09 bits per heavy atom. The van der Waals surface area contributed by atoms with E-state index in [4.69, 9.17) is 45.3 Å². The number of nitrogens with two attached hydrogens (primary N) is 1. The highest BCUT2D eigenvalue weighted by Crippen LogP contribution is 2.25. The summed E-state index contributed by atoms with van der Waals surface area (Å²) < 4.78 is 35.2. The van der Waals surface area contributed by atoms with E-state index in [1.807, 2.05) is 103 Å². The third kappa shape index (κ3) is 16.4. The van der Waals surface area contributed by atoms with E-state index in [2.05, 4.69) is 69.0 Å². The van der Waals surface area contributed by atoms with Crippen LogP contribution in [0.1, 0.15) is 62.6 Å². The van der Waals surface area contributed by atoms with Gasteiger partial charge in [-0.05, 0) is 93.9 Å². The third-order valence-corrected chi connectivity index (χ3v) is 11.3. The van der Waals surface area contributed by atoms with E-state index in [9.17, 15) is 8.78 Å². The molecule has 5 aromatic carbocycles. The monoisotopic (exact) mass is 1080 g/mol. The Balaban J connectivity index is 0.000000161. The molecule has 20 heteroatoms. The Morgan fingerprint density at radius 3 is 1.59 bits per heavy atom. The van der Waals surface area contributed by atoms with Gasteiger partial charge in [0, 0.05) is 17.4 Å². The highest BCUT2D eigenvalue weighted by Gasteiger charge is 2.13. The normalized spacial score (nSPS) is 10.4. The molecule has 0 amide bonds. The van der Waals surface area contributed by atoms with Crippen LogP contribution in [0, 0.1) is 39.3 Å². The van der Waals surface area contributed by atoms with Crippen molar-refractivity contribution in [3.8, 4) is 17.4 Å². The molecule has 76 heavy (non-hydrogen) atoms. The lowest BCUT2D eigenvalue weighted by Gasteiger charge is -2.10. The number of benzene rings is 5. The molecule has 0 aliphatic rings. The van der Waals surface area contributed by atoms with E-state index in [0.717, 1.165) is 50.6 Å². The lowest BCUT2D eigenvalue weighted by atomic mass is 10.2. The first-order valence-corrected chi connectivity index (χ1v) is 25.2. The third-order valence-electron chi connectivity index (χ3n) is 10.8. The maximum atomic E-state index is 13.9. The van der Waals surface area contributed by atoms with Gasteiger partial charge in [-0.1, -0.05) is 117 Å². The number of H-pyrrole nitrogens is 1. The van der Waals surface area contributed by atoms with Crippen molar-refractivity contribution in [2.45, 2.75) is 67.2 Å². The number of anilines is 3. The zero-order valence-corrected chi connectivity index (χ0v) is 45.2.